The van der Waals surface area contributed by atoms with Crippen molar-refractivity contribution in [3.8, 4) is 0 Å². The van der Waals surface area contributed by atoms with Gasteiger partial charge in [0.1, 0.15) is 11.6 Å². The molecule has 2 aromatic rings. The van der Waals surface area contributed by atoms with Crippen LogP contribution in [0.4, 0.5) is 11.5 Å². The van der Waals surface area contributed by atoms with Gasteiger partial charge in [0.05, 0.1) is 18.1 Å². The molecule has 2 heterocycles. The van der Waals surface area contributed by atoms with Crippen LogP contribution in [-0.4, -0.2) is 24.0 Å². The minimum absolute atomic E-state index is 0.171. The van der Waals surface area contributed by atoms with E-state index in [2.05, 4.69) is 15.6 Å². The second-order valence-corrected chi connectivity index (χ2v) is 4.50. The standard InChI is InChI=1S/C15H18N4O2/c1-11-9-12(16)10-19-15(11)18-7-6-17-14(20)5-4-13-3-2-8-21-13/h2-5,8-10H,6-7,16H2,1H3,(H,17,20)(H,18,19)/b5-4+. The van der Waals surface area contributed by atoms with E-state index in [0.717, 1.165) is 11.4 Å². The van der Waals surface area contributed by atoms with Crippen molar-refractivity contribution in [2.75, 3.05) is 24.1 Å². The van der Waals surface area contributed by atoms with Crippen molar-refractivity contribution in [2.24, 2.45) is 0 Å². The molecule has 6 nitrogen and oxygen atoms in total. The van der Waals surface area contributed by atoms with Gasteiger partial charge in [-0.05, 0) is 36.8 Å². The molecular weight excluding hydrogens is 268 g/mol. The summed E-state index contributed by atoms with van der Waals surface area (Å²) in [6.07, 6.45) is 6.21. The van der Waals surface area contributed by atoms with Crippen LogP contribution in [-0.2, 0) is 4.79 Å². The van der Waals surface area contributed by atoms with Crippen molar-refractivity contribution >= 4 is 23.5 Å². The average Bonchev–Trinajstić information content (AvgIpc) is 2.96. The molecule has 1 amide bonds. The first kappa shape index (κ1) is 14.6. The summed E-state index contributed by atoms with van der Waals surface area (Å²) in [6.45, 7) is 3.00. The van der Waals surface area contributed by atoms with Gasteiger partial charge in [0.25, 0.3) is 0 Å². The summed E-state index contributed by atoms with van der Waals surface area (Å²) < 4.78 is 5.09. The Morgan fingerprint density at radius 1 is 1.48 bits per heavy atom. The van der Waals surface area contributed by atoms with Crippen molar-refractivity contribution in [2.45, 2.75) is 6.92 Å². The summed E-state index contributed by atoms with van der Waals surface area (Å²) >= 11 is 0. The van der Waals surface area contributed by atoms with Crippen LogP contribution in [0.15, 0.2) is 41.2 Å². The third-order valence-electron chi connectivity index (χ3n) is 2.76. The van der Waals surface area contributed by atoms with Crippen molar-refractivity contribution < 1.29 is 9.21 Å². The van der Waals surface area contributed by atoms with Crippen LogP contribution >= 0.6 is 0 Å². The zero-order valence-electron chi connectivity index (χ0n) is 11.8. The van der Waals surface area contributed by atoms with Gasteiger partial charge in [-0.2, -0.15) is 0 Å². The Bertz CT molecular complexity index is 621. The molecule has 21 heavy (non-hydrogen) atoms. The number of rotatable bonds is 6. The second kappa shape index (κ2) is 7.14. The summed E-state index contributed by atoms with van der Waals surface area (Å²) in [7, 11) is 0. The molecule has 2 aromatic heterocycles. The quantitative estimate of drug-likeness (QED) is 0.556. The molecule has 0 unspecified atom stereocenters. The highest BCUT2D eigenvalue weighted by molar-refractivity contribution is 5.91. The van der Waals surface area contributed by atoms with Crippen LogP contribution < -0.4 is 16.4 Å². The number of carbonyl (C=O) groups is 1. The Morgan fingerprint density at radius 2 is 2.33 bits per heavy atom. The highest BCUT2D eigenvalue weighted by atomic mass is 16.3. The zero-order valence-corrected chi connectivity index (χ0v) is 11.8. The highest BCUT2D eigenvalue weighted by Crippen LogP contribution is 2.13. The van der Waals surface area contributed by atoms with E-state index in [4.69, 9.17) is 10.2 Å². The molecule has 0 bridgehead atoms. The smallest absolute Gasteiger partial charge is 0.244 e. The van der Waals surface area contributed by atoms with Crippen molar-refractivity contribution in [3.63, 3.8) is 0 Å². The number of hydrogen-bond acceptors (Lipinski definition) is 5. The summed E-state index contributed by atoms with van der Waals surface area (Å²) in [5, 5.41) is 5.90. The summed E-state index contributed by atoms with van der Waals surface area (Å²) in [4.78, 5) is 15.8. The molecule has 0 fully saturated rings. The molecule has 0 saturated carbocycles. The average molecular weight is 286 g/mol. The van der Waals surface area contributed by atoms with Crippen LogP contribution in [0.1, 0.15) is 11.3 Å². The SMILES string of the molecule is Cc1cc(N)cnc1NCCNC(=O)/C=C/c1ccco1. The molecule has 4 N–H and O–H groups in total. The van der Waals surface area contributed by atoms with Gasteiger partial charge in [-0.1, -0.05) is 0 Å². The van der Waals surface area contributed by atoms with Crippen LogP contribution in [0.25, 0.3) is 6.08 Å². The van der Waals surface area contributed by atoms with Gasteiger partial charge in [0, 0.05) is 19.2 Å². The number of pyridine rings is 1. The molecule has 0 aliphatic rings. The van der Waals surface area contributed by atoms with E-state index in [-0.39, 0.29) is 5.91 Å². The number of amides is 1. The number of aromatic nitrogens is 1. The lowest BCUT2D eigenvalue weighted by molar-refractivity contribution is -0.116. The van der Waals surface area contributed by atoms with Gasteiger partial charge >= 0.3 is 0 Å². The van der Waals surface area contributed by atoms with Gasteiger partial charge in [0.15, 0.2) is 0 Å². The van der Waals surface area contributed by atoms with Crippen LogP contribution in [0.5, 0.6) is 0 Å². The van der Waals surface area contributed by atoms with E-state index in [1.165, 1.54) is 6.08 Å². The van der Waals surface area contributed by atoms with E-state index in [0.29, 0.717) is 24.5 Å². The molecule has 0 spiro atoms. The van der Waals surface area contributed by atoms with Crippen molar-refractivity contribution in [3.05, 3.63) is 48.1 Å². The Labute approximate surface area is 123 Å². The van der Waals surface area contributed by atoms with E-state index in [9.17, 15) is 4.79 Å². The molecule has 2 rings (SSSR count). The van der Waals surface area contributed by atoms with E-state index in [1.807, 2.05) is 13.0 Å². The molecule has 0 aromatic carbocycles. The van der Waals surface area contributed by atoms with Crippen molar-refractivity contribution in [1.29, 1.82) is 0 Å². The van der Waals surface area contributed by atoms with Gasteiger partial charge in [-0.25, -0.2) is 4.98 Å². The summed E-state index contributed by atoms with van der Waals surface area (Å²) in [6, 6.07) is 5.39. The molecule has 110 valence electrons. The first-order valence-corrected chi connectivity index (χ1v) is 6.60. The van der Waals surface area contributed by atoms with Gasteiger partial charge < -0.3 is 20.8 Å². The van der Waals surface area contributed by atoms with E-state index < -0.39 is 0 Å². The predicted molar refractivity (Wildman–Crippen MR) is 82.6 cm³/mol. The third-order valence-corrected chi connectivity index (χ3v) is 2.76. The topological polar surface area (TPSA) is 93.2 Å². The first-order chi connectivity index (χ1) is 10.1. The fraction of sp³-hybridized carbons (Fsp3) is 0.200. The number of furan rings is 1. The fourth-order valence-corrected chi connectivity index (χ4v) is 1.75. The largest absolute Gasteiger partial charge is 0.465 e. The molecule has 0 aliphatic carbocycles. The Kier molecular flexibility index (Phi) is 4.98. The number of nitrogen functional groups attached to an aromatic ring is 1. The number of nitrogens with one attached hydrogen (secondary N) is 2. The first-order valence-electron chi connectivity index (χ1n) is 6.60. The van der Waals surface area contributed by atoms with Gasteiger partial charge in [-0.3, -0.25) is 4.79 Å². The summed E-state index contributed by atoms with van der Waals surface area (Å²) in [5.74, 6) is 1.24. The normalized spacial score (nSPS) is 10.7. The molecule has 0 radical (unpaired) electrons. The monoisotopic (exact) mass is 286 g/mol. The lowest BCUT2D eigenvalue weighted by Gasteiger charge is -2.09. The Balaban J connectivity index is 1.70. The number of carbonyl (C=O) groups excluding carboxylic acids is 1. The molecule has 0 atom stereocenters. The third kappa shape index (κ3) is 4.68. The number of aryl methyl sites for hydroxylation is 1. The van der Waals surface area contributed by atoms with E-state index >= 15 is 0 Å². The molecule has 6 heteroatoms. The van der Waals surface area contributed by atoms with Crippen LogP contribution in [0.2, 0.25) is 0 Å². The number of hydrogen-bond donors (Lipinski definition) is 3. The van der Waals surface area contributed by atoms with Crippen LogP contribution in [0.3, 0.4) is 0 Å². The molecule has 0 aliphatic heterocycles. The number of nitrogens with two attached hydrogens (primary N) is 1. The zero-order chi connectivity index (χ0) is 15.1. The summed E-state index contributed by atoms with van der Waals surface area (Å²) in [5.41, 5.74) is 7.24. The minimum atomic E-state index is -0.171. The van der Waals surface area contributed by atoms with Gasteiger partial charge in [0.2, 0.25) is 5.91 Å². The van der Waals surface area contributed by atoms with Crippen molar-refractivity contribution in [1.82, 2.24) is 10.3 Å². The predicted octanol–water partition coefficient (Wildman–Crippen LogP) is 1.81. The van der Waals surface area contributed by atoms with Crippen LogP contribution in [0, 0.1) is 6.92 Å². The maximum Gasteiger partial charge on any atom is 0.244 e. The molecule has 0 saturated heterocycles. The Hall–Kier alpha value is -2.76. The highest BCUT2D eigenvalue weighted by Gasteiger charge is 2.00. The second-order valence-electron chi connectivity index (χ2n) is 4.50. The maximum atomic E-state index is 11.6. The number of anilines is 2. The fourth-order valence-electron chi connectivity index (χ4n) is 1.75. The molecular formula is C15H18N4O2. The van der Waals surface area contributed by atoms with E-state index in [1.54, 1.807) is 30.7 Å². The number of nitrogens with zero attached hydrogens (tertiary/aromatic N) is 1. The maximum absolute atomic E-state index is 11.6. The minimum Gasteiger partial charge on any atom is -0.465 e. The lowest BCUT2D eigenvalue weighted by atomic mass is 10.2. The van der Waals surface area contributed by atoms with Gasteiger partial charge in [-0.15, -0.1) is 0 Å². The Morgan fingerprint density at radius 3 is 3.05 bits per heavy atom. The lowest BCUT2D eigenvalue weighted by Crippen LogP contribution is -2.27.